The van der Waals surface area contributed by atoms with E-state index in [-0.39, 0.29) is 19.0 Å². The summed E-state index contributed by atoms with van der Waals surface area (Å²) < 4.78 is 0. The van der Waals surface area contributed by atoms with Crippen LogP contribution in [-0.2, 0) is 9.59 Å². The average molecular weight is 259 g/mol. The van der Waals surface area contributed by atoms with Crippen LogP contribution in [0.3, 0.4) is 0 Å². The number of carboxylic acid groups (broad SMARTS) is 1. The van der Waals surface area contributed by atoms with Crippen molar-refractivity contribution < 1.29 is 19.5 Å². The van der Waals surface area contributed by atoms with Crippen molar-refractivity contribution in [3.63, 3.8) is 0 Å². The minimum atomic E-state index is -0.904. The largest absolute Gasteiger partial charge is 0.481 e. The molecular formula is C11H21N3O4. The van der Waals surface area contributed by atoms with Gasteiger partial charge < -0.3 is 21.5 Å². The number of hydrogen-bond acceptors (Lipinski definition) is 3. The number of primary amides is 1. The van der Waals surface area contributed by atoms with Gasteiger partial charge in [-0.25, -0.2) is 4.79 Å². The molecule has 1 atom stereocenters. The van der Waals surface area contributed by atoms with Crippen molar-refractivity contribution in [3.8, 4) is 0 Å². The Labute approximate surface area is 106 Å². The summed E-state index contributed by atoms with van der Waals surface area (Å²) in [6, 6.07) is -0.694. The van der Waals surface area contributed by atoms with Gasteiger partial charge in [0.1, 0.15) is 0 Å². The van der Waals surface area contributed by atoms with Crippen molar-refractivity contribution in [2.75, 3.05) is 6.54 Å². The Hall–Kier alpha value is -1.79. The molecule has 104 valence electrons. The summed E-state index contributed by atoms with van der Waals surface area (Å²) in [5.74, 6) is -1.40. The number of carboxylic acids is 1. The van der Waals surface area contributed by atoms with Crippen molar-refractivity contribution in [1.29, 1.82) is 0 Å². The predicted molar refractivity (Wildman–Crippen MR) is 65.8 cm³/mol. The van der Waals surface area contributed by atoms with E-state index in [2.05, 4.69) is 10.6 Å². The lowest BCUT2D eigenvalue weighted by Gasteiger charge is -2.21. The second-order valence-electron chi connectivity index (χ2n) is 4.91. The third-order valence-corrected chi connectivity index (χ3v) is 2.53. The molecule has 0 aliphatic heterocycles. The summed E-state index contributed by atoms with van der Waals surface area (Å²) in [5.41, 5.74) is 4.34. The molecule has 18 heavy (non-hydrogen) atoms. The smallest absolute Gasteiger partial charge is 0.315 e. The van der Waals surface area contributed by atoms with Crippen molar-refractivity contribution in [2.45, 2.75) is 39.7 Å². The van der Waals surface area contributed by atoms with Crippen LogP contribution in [0.25, 0.3) is 0 Å². The van der Waals surface area contributed by atoms with E-state index >= 15 is 0 Å². The van der Waals surface area contributed by atoms with Crippen molar-refractivity contribution in [3.05, 3.63) is 0 Å². The van der Waals surface area contributed by atoms with Crippen LogP contribution in [0.1, 0.15) is 33.6 Å². The molecule has 0 aromatic rings. The molecule has 0 fully saturated rings. The maximum atomic E-state index is 11.4. The zero-order valence-corrected chi connectivity index (χ0v) is 10.9. The van der Waals surface area contributed by atoms with E-state index in [1.807, 2.05) is 0 Å². The average Bonchev–Trinajstić information content (AvgIpc) is 2.23. The second kappa shape index (κ2) is 6.83. The van der Waals surface area contributed by atoms with Crippen LogP contribution in [0.5, 0.6) is 0 Å². The van der Waals surface area contributed by atoms with Gasteiger partial charge in [-0.2, -0.15) is 0 Å². The highest BCUT2D eigenvalue weighted by molar-refractivity contribution is 5.81. The molecule has 0 aromatic carbocycles. The van der Waals surface area contributed by atoms with E-state index in [4.69, 9.17) is 10.8 Å². The lowest BCUT2D eigenvalue weighted by atomic mass is 9.93. The normalized spacial score (nSPS) is 12.6. The molecule has 3 amide bonds. The second-order valence-corrected chi connectivity index (χ2v) is 4.91. The zero-order valence-electron chi connectivity index (χ0n) is 10.9. The number of carbonyl (C=O) groups excluding carboxylic acids is 2. The first-order chi connectivity index (χ1) is 8.15. The van der Waals surface area contributed by atoms with Crippen molar-refractivity contribution in [2.24, 2.45) is 11.1 Å². The number of hydrogen-bond donors (Lipinski definition) is 4. The van der Waals surface area contributed by atoms with E-state index in [0.29, 0.717) is 6.42 Å². The summed E-state index contributed by atoms with van der Waals surface area (Å²) in [6.45, 7) is 5.09. The first kappa shape index (κ1) is 16.2. The molecule has 7 nitrogen and oxygen atoms in total. The van der Waals surface area contributed by atoms with Crippen LogP contribution in [-0.4, -0.2) is 35.6 Å². The molecule has 0 saturated carbocycles. The molecule has 0 aliphatic rings. The Kier molecular flexibility index (Phi) is 6.15. The van der Waals surface area contributed by atoms with Crippen LogP contribution in [0.15, 0.2) is 0 Å². The van der Waals surface area contributed by atoms with Gasteiger partial charge in [0.15, 0.2) is 0 Å². The minimum Gasteiger partial charge on any atom is -0.481 e. The monoisotopic (exact) mass is 259 g/mol. The summed E-state index contributed by atoms with van der Waals surface area (Å²) in [6.07, 6.45) is 0.343. The van der Waals surface area contributed by atoms with Crippen molar-refractivity contribution in [1.82, 2.24) is 10.6 Å². The van der Waals surface area contributed by atoms with Crippen LogP contribution in [0, 0.1) is 5.41 Å². The summed E-state index contributed by atoms with van der Waals surface area (Å²) in [7, 11) is 0. The molecule has 0 heterocycles. The fraction of sp³-hybridized carbons (Fsp3) is 0.727. The highest BCUT2D eigenvalue weighted by Gasteiger charge is 2.25. The molecule has 0 aliphatic carbocycles. The van der Waals surface area contributed by atoms with E-state index in [0.717, 1.165) is 0 Å². The molecule has 0 radical (unpaired) electrons. The number of amides is 3. The number of nitrogens with two attached hydrogens (primary N) is 1. The number of aliphatic carboxylic acids is 1. The van der Waals surface area contributed by atoms with Gasteiger partial charge in [-0.15, -0.1) is 0 Å². The van der Waals surface area contributed by atoms with Gasteiger partial charge >= 0.3 is 12.0 Å². The van der Waals surface area contributed by atoms with E-state index in [9.17, 15) is 14.4 Å². The maximum absolute atomic E-state index is 11.4. The third-order valence-electron chi connectivity index (χ3n) is 2.53. The minimum absolute atomic E-state index is 0.00573. The van der Waals surface area contributed by atoms with Gasteiger partial charge in [-0.3, -0.25) is 9.59 Å². The Morgan fingerprint density at radius 3 is 2.33 bits per heavy atom. The van der Waals surface area contributed by atoms with E-state index < -0.39 is 23.3 Å². The van der Waals surface area contributed by atoms with Crippen LogP contribution < -0.4 is 16.4 Å². The third kappa shape index (κ3) is 6.72. The molecule has 7 heteroatoms. The quantitative estimate of drug-likeness (QED) is 0.516. The molecule has 0 aromatic heterocycles. The lowest BCUT2D eigenvalue weighted by molar-refractivity contribution is -0.137. The van der Waals surface area contributed by atoms with Crippen LogP contribution in [0.4, 0.5) is 4.79 Å². The number of carbonyl (C=O) groups is 3. The SMILES string of the molecule is CC(CCC(=O)O)NC(=O)NCC(C)(C)C(N)=O. The van der Waals surface area contributed by atoms with E-state index in [1.54, 1.807) is 20.8 Å². The first-order valence-electron chi connectivity index (χ1n) is 5.71. The molecule has 0 bridgehead atoms. The fourth-order valence-electron chi connectivity index (χ4n) is 1.08. The molecule has 0 saturated heterocycles. The van der Waals surface area contributed by atoms with Gasteiger partial charge in [0.2, 0.25) is 5.91 Å². The van der Waals surface area contributed by atoms with Gasteiger partial charge in [-0.05, 0) is 27.2 Å². The number of rotatable bonds is 7. The Morgan fingerprint density at radius 2 is 1.89 bits per heavy atom. The zero-order chi connectivity index (χ0) is 14.3. The maximum Gasteiger partial charge on any atom is 0.315 e. The van der Waals surface area contributed by atoms with E-state index in [1.165, 1.54) is 0 Å². The van der Waals surface area contributed by atoms with Crippen molar-refractivity contribution >= 4 is 17.9 Å². The van der Waals surface area contributed by atoms with Gasteiger partial charge in [0, 0.05) is 19.0 Å². The summed E-state index contributed by atoms with van der Waals surface area (Å²) in [5, 5.41) is 13.6. The Balaban J connectivity index is 3.98. The first-order valence-corrected chi connectivity index (χ1v) is 5.71. The molecule has 0 spiro atoms. The van der Waals surface area contributed by atoms with Crippen LogP contribution >= 0.6 is 0 Å². The lowest BCUT2D eigenvalue weighted by Crippen LogP contribution is -2.47. The van der Waals surface area contributed by atoms with Gasteiger partial charge in [0.05, 0.1) is 5.41 Å². The summed E-state index contributed by atoms with van der Waals surface area (Å²) in [4.78, 5) is 32.8. The topological polar surface area (TPSA) is 122 Å². The molecule has 5 N–H and O–H groups in total. The number of nitrogens with one attached hydrogen (secondary N) is 2. The molecular weight excluding hydrogens is 238 g/mol. The predicted octanol–water partition coefficient (Wildman–Crippen LogP) is 0.0504. The Bertz CT molecular complexity index is 328. The molecule has 1 unspecified atom stereocenters. The fourth-order valence-corrected chi connectivity index (χ4v) is 1.08. The van der Waals surface area contributed by atoms with Gasteiger partial charge in [-0.1, -0.05) is 0 Å². The van der Waals surface area contributed by atoms with Crippen LogP contribution in [0.2, 0.25) is 0 Å². The highest BCUT2D eigenvalue weighted by Crippen LogP contribution is 2.11. The standard InChI is InChI=1S/C11H21N3O4/c1-7(4-5-8(15)16)14-10(18)13-6-11(2,3)9(12)17/h7H,4-6H2,1-3H3,(H2,12,17)(H,15,16)(H2,13,14,18). The molecule has 0 rings (SSSR count). The highest BCUT2D eigenvalue weighted by atomic mass is 16.4. The van der Waals surface area contributed by atoms with Gasteiger partial charge in [0.25, 0.3) is 0 Å². The summed E-state index contributed by atoms with van der Waals surface area (Å²) >= 11 is 0. The number of urea groups is 1. The Morgan fingerprint density at radius 1 is 1.33 bits per heavy atom.